The second-order valence-electron chi connectivity index (χ2n) is 9.97. The van der Waals surface area contributed by atoms with Gasteiger partial charge >= 0.3 is 0 Å². The van der Waals surface area contributed by atoms with Gasteiger partial charge in [-0.15, -0.1) is 0 Å². The van der Waals surface area contributed by atoms with E-state index in [0.29, 0.717) is 12.3 Å². The maximum absolute atomic E-state index is 14.1. The van der Waals surface area contributed by atoms with Gasteiger partial charge in [0, 0.05) is 17.6 Å². The number of nitrogens with zero attached hydrogens (tertiary/aromatic N) is 2. The molecule has 1 atom stereocenters. The minimum absolute atomic E-state index is 0.0348. The Morgan fingerprint density at radius 2 is 1.68 bits per heavy atom. The van der Waals surface area contributed by atoms with Crippen molar-refractivity contribution in [2.75, 3.05) is 24.5 Å². The van der Waals surface area contributed by atoms with Crippen LogP contribution in [0.25, 0.3) is 0 Å². The lowest BCUT2D eigenvalue weighted by Gasteiger charge is -2.32. The fourth-order valence-corrected chi connectivity index (χ4v) is 5.98. The third-order valence-electron chi connectivity index (χ3n) is 6.31. The number of benzene rings is 3. The summed E-state index contributed by atoms with van der Waals surface area (Å²) >= 11 is 3.46. The smallest absolute Gasteiger partial charge is 0.264 e. The van der Waals surface area contributed by atoms with Crippen molar-refractivity contribution in [1.29, 1.82) is 0 Å². The predicted molar refractivity (Wildman–Crippen MR) is 161 cm³/mol. The van der Waals surface area contributed by atoms with Crippen LogP contribution in [-0.2, 0) is 26.2 Å². The first-order valence-electron chi connectivity index (χ1n) is 13.0. The van der Waals surface area contributed by atoms with Crippen molar-refractivity contribution in [1.82, 2.24) is 10.2 Å². The van der Waals surface area contributed by atoms with Gasteiger partial charge in [0.05, 0.1) is 17.7 Å². The Hall–Kier alpha value is -3.37. The molecule has 214 valence electrons. The van der Waals surface area contributed by atoms with Crippen molar-refractivity contribution < 1.29 is 22.7 Å². The van der Waals surface area contributed by atoms with E-state index >= 15 is 0 Å². The van der Waals surface area contributed by atoms with Crippen LogP contribution in [0.5, 0.6) is 5.75 Å². The Bertz CT molecular complexity index is 1430. The summed E-state index contributed by atoms with van der Waals surface area (Å²) in [6.07, 6.45) is 0. The Labute approximate surface area is 245 Å². The highest BCUT2D eigenvalue weighted by Gasteiger charge is 2.33. The van der Waals surface area contributed by atoms with Crippen molar-refractivity contribution in [2.24, 2.45) is 5.92 Å². The molecular formula is C30H36BrN3O5S. The molecule has 1 N–H and O–H groups in total. The normalized spacial score (nSPS) is 12.1. The standard InChI is InChI=1S/C30H36BrN3O5S/c1-21(2)18-32-30(36)23(4)33(19-24-10-9-11-25(31)17-24)29(35)20-34(27-16-22(3)14-15-28(27)39-5)40(37,38)26-12-7-6-8-13-26/h6-17,21,23H,18-20H2,1-5H3,(H,32,36)/t23-/m0/s1. The molecule has 0 unspecified atom stereocenters. The van der Waals surface area contributed by atoms with Gasteiger partial charge in [-0.1, -0.05) is 66.2 Å². The highest BCUT2D eigenvalue weighted by atomic mass is 79.9. The van der Waals surface area contributed by atoms with Crippen molar-refractivity contribution in [3.63, 3.8) is 0 Å². The molecule has 0 saturated heterocycles. The topological polar surface area (TPSA) is 96.0 Å². The monoisotopic (exact) mass is 629 g/mol. The third kappa shape index (κ3) is 7.85. The van der Waals surface area contributed by atoms with E-state index < -0.39 is 28.5 Å². The minimum atomic E-state index is -4.18. The molecule has 0 bridgehead atoms. The van der Waals surface area contributed by atoms with E-state index in [9.17, 15) is 18.0 Å². The zero-order valence-corrected chi connectivity index (χ0v) is 25.8. The fourth-order valence-electron chi connectivity index (χ4n) is 4.09. The van der Waals surface area contributed by atoms with Crippen molar-refractivity contribution in [3.05, 3.63) is 88.4 Å². The van der Waals surface area contributed by atoms with Crippen LogP contribution >= 0.6 is 15.9 Å². The number of sulfonamides is 1. The molecule has 40 heavy (non-hydrogen) atoms. The zero-order chi connectivity index (χ0) is 29.4. The van der Waals surface area contributed by atoms with Gasteiger partial charge in [0.25, 0.3) is 10.0 Å². The number of ether oxygens (including phenoxy) is 1. The Morgan fingerprint density at radius 1 is 0.975 bits per heavy atom. The van der Waals surface area contributed by atoms with E-state index in [1.807, 2.05) is 45.0 Å². The van der Waals surface area contributed by atoms with Crippen LogP contribution in [0.4, 0.5) is 5.69 Å². The van der Waals surface area contributed by atoms with Crippen LogP contribution in [0.15, 0.2) is 82.2 Å². The Morgan fingerprint density at radius 3 is 2.30 bits per heavy atom. The molecule has 0 aromatic heterocycles. The van der Waals surface area contributed by atoms with E-state index in [-0.39, 0.29) is 29.0 Å². The highest BCUT2D eigenvalue weighted by Crippen LogP contribution is 2.33. The number of halogens is 1. The Balaban J connectivity index is 2.07. The van der Waals surface area contributed by atoms with Gasteiger partial charge in [0.2, 0.25) is 11.8 Å². The molecule has 2 amide bonds. The summed E-state index contributed by atoms with van der Waals surface area (Å²) in [6.45, 7) is 7.48. The number of carbonyl (C=O) groups excluding carboxylic acids is 2. The van der Waals surface area contributed by atoms with Gasteiger partial charge in [-0.05, 0) is 67.3 Å². The van der Waals surface area contributed by atoms with Crippen molar-refractivity contribution >= 4 is 43.5 Å². The van der Waals surface area contributed by atoms with Crippen LogP contribution in [0, 0.1) is 12.8 Å². The lowest BCUT2D eigenvalue weighted by molar-refractivity contribution is -0.139. The fraction of sp³-hybridized carbons (Fsp3) is 0.333. The van der Waals surface area contributed by atoms with Crippen LogP contribution in [0.1, 0.15) is 31.9 Å². The number of anilines is 1. The number of methoxy groups -OCH3 is 1. The van der Waals surface area contributed by atoms with Gasteiger partial charge in [0.1, 0.15) is 18.3 Å². The Kier molecular flexibility index (Phi) is 10.8. The minimum Gasteiger partial charge on any atom is -0.495 e. The van der Waals surface area contributed by atoms with Crippen molar-refractivity contribution in [3.8, 4) is 5.75 Å². The van der Waals surface area contributed by atoms with Crippen molar-refractivity contribution in [2.45, 2.75) is 45.2 Å². The first kappa shape index (κ1) is 31.2. The number of hydrogen-bond acceptors (Lipinski definition) is 5. The van der Waals surface area contributed by atoms with Gasteiger partial charge in [-0.3, -0.25) is 13.9 Å². The van der Waals surface area contributed by atoms with Gasteiger partial charge < -0.3 is 15.0 Å². The molecule has 0 saturated carbocycles. The largest absolute Gasteiger partial charge is 0.495 e. The lowest BCUT2D eigenvalue weighted by Crippen LogP contribution is -2.51. The molecule has 3 rings (SSSR count). The van der Waals surface area contributed by atoms with E-state index in [1.54, 1.807) is 43.3 Å². The van der Waals surface area contributed by atoms with Crippen LogP contribution < -0.4 is 14.4 Å². The number of carbonyl (C=O) groups is 2. The van der Waals surface area contributed by atoms with Crippen LogP contribution in [-0.4, -0.2) is 51.4 Å². The SMILES string of the molecule is COc1ccc(C)cc1N(CC(=O)N(Cc1cccc(Br)c1)[C@@H](C)C(=O)NCC(C)C)S(=O)(=O)c1ccccc1. The summed E-state index contributed by atoms with van der Waals surface area (Å²) in [5, 5.41) is 2.89. The van der Waals surface area contributed by atoms with Crippen LogP contribution in [0.2, 0.25) is 0 Å². The number of nitrogens with one attached hydrogen (secondary N) is 1. The molecule has 8 nitrogen and oxygen atoms in total. The number of aryl methyl sites for hydroxylation is 1. The predicted octanol–water partition coefficient (Wildman–Crippen LogP) is 5.15. The van der Waals surface area contributed by atoms with Gasteiger partial charge in [0.15, 0.2) is 0 Å². The molecule has 0 heterocycles. The summed E-state index contributed by atoms with van der Waals surface area (Å²) < 4.78 is 35.3. The molecule has 0 fully saturated rings. The quantitative estimate of drug-likeness (QED) is 0.299. The average molecular weight is 631 g/mol. The van der Waals surface area contributed by atoms with E-state index in [1.165, 1.54) is 24.1 Å². The molecule has 0 radical (unpaired) electrons. The summed E-state index contributed by atoms with van der Waals surface area (Å²) in [6, 6.07) is 19.7. The molecular weight excluding hydrogens is 594 g/mol. The number of amides is 2. The molecule has 0 aliphatic heterocycles. The van der Waals surface area contributed by atoms with E-state index in [2.05, 4.69) is 21.2 Å². The second-order valence-corrected chi connectivity index (χ2v) is 12.7. The molecule has 10 heteroatoms. The van der Waals surface area contributed by atoms with Crippen LogP contribution in [0.3, 0.4) is 0 Å². The van der Waals surface area contributed by atoms with Gasteiger partial charge in [-0.2, -0.15) is 0 Å². The number of hydrogen-bond donors (Lipinski definition) is 1. The average Bonchev–Trinajstić information content (AvgIpc) is 2.93. The summed E-state index contributed by atoms with van der Waals surface area (Å²) in [5.74, 6) is -0.317. The van der Waals surface area contributed by atoms with E-state index in [0.717, 1.165) is 19.9 Å². The molecule has 0 aliphatic rings. The highest BCUT2D eigenvalue weighted by molar-refractivity contribution is 9.10. The van der Waals surface area contributed by atoms with E-state index in [4.69, 9.17) is 4.74 Å². The third-order valence-corrected chi connectivity index (χ3v) is 8.57. The molecule has 3 aromatic rings. The molecule has 0 spiro atoms. The summed E-state index contributed by atoms with van der Waals surface area (Å²) in [5.41, 5.74) is 1.82. The van der Waals surface area contributed by atoms with Gasteiger partial charge in [-0.25, -0.2) is 8.42 Å². The summed E-state index contributed by atoms with van der Waals surface area (Å²) in [4.78, 5) is 28.6. The second kappa shape index (κ2) is 13.8. The number of rotatable bonds is 12. The summed E-state index contributed by atoms with van der Waals surface area (Å²) in [7, 11) is -2.73. The first-order valence-corrected chi connectivity index (χ1v) is 15.2. The zero-order valence-electron chi connectivity index (χ0n) is 23.4. The lowest BCUT2D eigenvalue weighted by atomic mass is 10.1. The molecule has 0 aliphatic carbocycles. The first-order chi connectivity index (χ1) is 18.9. The maximum Gasteiger partial charge on any atom is 0.264 e. The maximum atomic E-state index is 14.1. The molecule has 3 aromatic carbocycles.